The zero-order valence-electron chi connectivity index (χ0n) is 7.55. The number of carbonyl (C=O) groups is 1. The minimum absolute atomic E-state index is 0.114. The molecule has 0 heterocycles. The van der Waals surface area contributed by atoms with Gasteiger partial charge in [-0.3, -0.25) is 4.79 Å². The third-order valence-corrected chi connectivity index (χ3v) is 2.58. The summed E-state index contributed by atoms with van der Waals surface area (Å²) in [6.45, 7) is 0. The van der Waals surface area contributed by atoms with Crippen LogP contribution in [0.15, 0.2) is 0 Å². The van der Waals surface area contributed by atoms with Crippen LogP contribution in [0, 0.1) is 13.0 Å². The Balaban J connectivity index is 2.34. The zero-order valence-corrected chi connectivity index (χ0v) is 7.55. The average Bonchev–Trinajstić information content (AvgIpc) is 2.02. The van der Waals surface area contributed by atoms with Gasteiger partial charge in [0.15, 0.2) is 0 Å². The lowest BCUT2D eigenvalue weighted by Gasteiger charge is -2.16. The van der Waals surface area contributed by atoms with E-state index in [1.165, 1.54) is 32.1 Å². The molecular weight excluding hydrogens is 152 g/mol. The highest BCUT2D eigenvalue weighted by atomic mass is 16.5. The molecule has 0 saturated heterocycles. The van der Waals surface area contributed by atoms with Crippen molar-refractivity contribution in [2.75, 3.05) is 0 Å². The normalized spacial score (nSPS) is 21.1. The van der Waals surface area contributed by atoms with Crippen molar-refractivity contribution in [1.82, 2.24) is 0 Å². The molecular formula is C10H17O2. The van der Waals surface area contributed by atoms with E-state index in [9.17, 15) is 4.79 Å². The summed E-state index contributed by atoms with van der Waals surface area (Å²) in [5.74, 6) is 0.0136. The molecule has 0 aromatic rings. The molecule has 1 radical (unpaired) electrons. The van der Waals surface area contributed by atoms with Gasteiger partial charge in [0.2, 0.25) is 0 Å². The van der Waals surface area contributed by atoms with E-state index in [-0.39, 0.29) is 11.9 Å². The number of ether oxygens (including phenoxy) is 1. The van der Waals surface area contributed by atoms with Crippen molar-refractivity contribution in [1.29, 1.82) is 0 Å². The fraction of sp³-hybridized carbons (Fsp3) is 0.800. The number of hydrogen-bond acceptors (Lipinski definition) is 2. The number of esters is 1. The lowest BCUT2D eigenvalue weighted by molar-refractivity contribution is -0.143. The first-order chi connectivity index (χ1) is 5.84. The Hall–Kier alpha value is -0.530. The monoisotopic (exact) mass is 169 g/mol. The summed E-state index contributed by atoms with van der Waals surface area (Å²) in [6, 6.07) is 0. The topological polar surface area (TPSA) is 26.3 Å². The van der Waals surface area contributed by atoms with Gasteiger partial charge in [0.05, 0.1) is 5.92 Å². The van der Waals surface area contributed by atoms with E-state index in [1.807, 2.05) is 0 Å². The fourth-order valence-electron chi connectivity index (χ4n) is 1.81. The minimum Gasteiger partial charge on any atom is -0.462 e. The Bertz CT molecular complexity index is 135. The van der Waals surface area contributed by atoms with Crippen LogP contribution in [-0.4, -0.2) is 5.97 Å². The van der Waals surface area contributed by atoms with Crippen LogP contribution in [0.1, 0.15) is 44.9 Å². The standard InChI is InChI=1S/C10H17O2/c1-12-10(11)9-7-5-3-2-4-6-8-9/h9H,1-8H2. The van der Waals surface area contributed by atoms with E-state index in [0.29, 0.717) is 0 Å². The Morgan fingerprint density at radius 3 is 2.08 bits per heavy atom. The van der Waals surface area contributed by atoms with Crippen molar-refractivity contribution in [3.63, 3.8) is 0 Å². The molecule has 0 atom stereocenters. The summed E-state index contributed by atoms with van der Waals surface area (Å²) in [5.41, 5.74) is 0. The van der Waals surface area contributed by atoms with Crippen molar-refractivity contribution in [3.8, 4) is 0 Å². The lowest BCUT2D eigenvalue weighted by atomic mass is 9.91. The number of rotatable bonds is 1. The molecule has 1 aliphatic carbocycles. The molecule has 0 unspecified atom stereocenters. The van der Waals surface area contributed by atoms with Crippen LogP contribution in [0.4, 0.5) is 0 Å². The van der Waals surface area contributed by atoms with Gasteiger partial charge in [0, 0.05) is 0 Å². The van der Waals surface area contributed by atoms with Crippen molar-refractivity contribution in [2.24, 2.45) is 5.92 Å². The van der Waals surface area contributed by atoms with Crippen LogP contribution < -0.4 is 0 Å². The van der Waals surface area contributed by atoms with Crippen LogP contribution >= 0.6 is 0 Å². The van der Waals surface area contributed by atoms with Crippen molar-refractivity contribution in [2.45, 2.75) is 44.9 Å². The second-order valence-corrected chi connectivity index (χ2v) is 3.51. The quantitative estimate of drug-likeness (QED) is 0.564. The molecule has 0 N–H and O–H groups in total. The third-order valence-electron chi connectivity index (χ3n) is 2.58. The van der Waals surface area contributed by atoms with Gasteiger partial charge in [-0.25, -0.2) is 0 Å². The van der Waals surface area contributed by atoms with E-state index in [4.69, 9.17) is 0 Å². The van der Waals surface area contributed by atoms with Gasteiger partial charge in [-0.1, -0.05) is 32.1 Å². The highest BCUT2D eigenvalue weighted by Gasteiger charge is 2.19. The van der Waals surface area contributed by atoms with Gasteiger partial charge in [-0.2, -0.15) is 0 Å². The number of carbonyl (C=O) groups excluding carboxylic acids is 1. The maximum Gasteiger partial charge on any atom is 0.309 e. The SMILES string of the molecule is [CH2]OC(=O)C1CCCCCCC1. The van der Waals surface area contributed by atoms with Gasteiger partial charge in [-0.15, -0.1) is 0 Å². The Labute approximate surface area is 74.3 Å². The first-order valence-electron chi connectivity index (χ1n) is 4.80. The molecule has 0 bridgehead atoms. The van der Waals surface area contributed by atoms with Crippen LogP contribution in [-0.2, 0) is 9.53 Å². The first kappa shape index (κ1) is 9.56. The molecule has 2 nitrogen and oxygen atoms in total. The summed E-state index contributed by atoms with van der Waals surface area (Å²) in [6.07, 6.45) is 8.18. The second kappa shape index (κ2) is 5.18. The second-order valence-electron chi connectivity index (χ2n) is 3.51. The first-order valence-corrected chi connectivity index (χ1v) is 4.80. The molecule has 1 saturated carbocycles. The molecule has 1 rings (SSSR count). The highest BCUT2D eigenvalue weighted by molar-refractivity contribution is 5.72. The van der Waals surface area contributed by atoms with E-state index in [2.05, 4.69) is 11.8 Å². The fourth-order valence-corrected chi connectivity index (χ4v) is 1.81. The van der Waals surface area contributed by atoms with Gasteiger partial charge in [0.1, 0.15) is 7.11 Å². The third kappa shape index (κ3) is 2.84. The van der Waals surface area contributed by atoms with Gasteiger partial charge in [-0.05, 0) is 12.8 Å². The largest absolute Gasteiger partial charge is 0.462 e. The van der Waals surface area contributed by atoms with Crippen molar-refractivity contribution >= 4 is 5.97 Å². The summed E-state index contributed by atoms with van der Waals surface area (Å²) in [7, 11) is 3.17. The zero-order chi connectivity index (χ0) is 8.81. The Morgan fingerprint density at radius 1 is 1.08 bits per heavy atom. The molecule has 2 heteroatoms. The molecule has 0 amide bonds. The predicted octanol–water partition coefficient (Wildman–Crippen LogP) is 2.68. The molecule has 69 valence electrons. The van der Waals surface area contributed by atoms with Gasteiger partial charge < -0.3 is 4.74 Å². The summed E-state index contributed by atoms with van der Waals surface area (Å²) in [5, 5.41) is 0. The lowest BCUT2D eigenvalue weighted by Crippen LogP contribution is -2.16. The highest BCUT2D eigenvalue weighted by Crippen LogP contribution is 2.22. The summed E-state index contributed by atoms with van der Waals surface area (Å²) < 4.78 is 4.50. The molecule has 0 aliphatic heterocycles. The molecule has 12 heavy (non-hydrogen) atoms. The number of hydrogen-bond donors (Lipinski definition) is 0. The molecule has 0 aromatic carbocycles. The Kier molecular flexibility index (Phi) is 4.12. The van der Waals surface area contributed by atoms with Crippen LogP contribution in [0.2, 0.25) is 0 Å². The summed E-state index contributed by atoms with van der Waals surface area (Å²) >= 11 is 0. The van der Waals surface area contributed by atoms with Crippen molar-refractivity contribution < 1.29 is 9.53 Å². The average molecular weight is 169 g/mol. The van der Waals surface area contributed by atoms with Gasteiger partial charge in [0.25, 0.3) is 0 Å². The molecule has 0 spiro atoms. The van der Waals surface area contributed by atoms with Crippen LogP contribution in [0.25, 0.3) is 0 Å². The van der Waals surface area contributed by atoms with Crippen molar-refractivity contribution in [3.05, 3.63) is 7.11 Å². The molecule has 0 aromatic heterocycles. The predicted molar refractivity (Wildman–Crippen MR) is 47.3 cm³/mol. The van der Waals surface area contributed by atoms with E-state index < -0.39 is 0 Å². The van der Waals surface area contributed by atoms with Crippen LogP contribution in [0.5, 0.6) is 0 Å². The summed E-state index contributed by atoms with van der Waals surface area (Å²) in [4.78, 5) is 11.1. The molecule has 1 aliphatic rings. The Morgan fingerprint density at radius 2 is 1.58 bits per heavy atom. The van der Waals surface area contributed by atoms with Gasteiger partial charge >= 0.3 is 5.97 Å². The van der Waals surface area contributed by atoms with E-state index >= 15 is 0 Å². The minimum atomic E-state index is -0.114. The van der Waals surface area contributed by atoms with Crippen LogP contribution in [0.3, 0.4) is 0 Å². The van der Waals surface area contributed by atoms with E-state index in [1.54, 1.807) is 0 Å². The molecule has 1 fully saturated rings. The smallest absolute Gasteiger partial charge is 0.309 e. The maximum atomic E-state index is 11.1. The van der Waals surface area contributed by atoms with E-state index in [0.717, 1.165) is 12.8 Å². The maximum absolute atomic E-state index is 11.1.